The van der Waals surface area contributed by atoms with E-state index >= 15 is 0 Å². The summed E-state index contributed by atoms with van der Waals surface area (Å²) in [6.07, 6.45) is 0. The number of hydrogen-bond donors (Lipinski definition) is 2. The first-order valence-corrected chi connectivity index (χ1v) is 8.02. The van der Waals surface area contributed by atoms with Crippen molar-refractivity contribution in [2.45, 2.75) is 0 Å². The number of carbonyl (C=O) groups excluding carboxylic acids is 2. The highest BCUT2D eigenvalue weighted by Crippen LogP contribution is 2.12. The van der Waals surface area contributed by atoms with Crippen molar-refractivity contribution in [3.63, 3.8) is 0 Å². The van der Waals surface area contributed by atoms with E-state index in [0.29, 0.717) is 28.0 Å². The summed E-state index contributed by atoms with van der Waals surface area (Å²) in [5.74, 6) is 1.19. The van der Waals surface area contributed by atoms with Crippen LogP contribution in [0.1, 0.15) is 10.4 Å². The predicted octanol–water partition coefficient (Wildman–Crippen LogP) is 1.59. The van der Waals surface area contributed by atoms with Crippen LogP contribution in [-0.2, 0) is 4.79 Å². The minimum atomic E-state index is -0.00851. The first-order chi connectivity index (χ1) is 9.65. The van der Waals surface area contributed by atoms with Crippen molar-refractivity contribution in [3.8, 4) is 0 Å². The highest BCUT2D eigenvalue weighted by atomic mass is 35.5. The average molecular weight is 313 g/mol. The lowest BCUT2D eigenvalue weighted by molar-refractivity contribution is -0.118. The Morgan fingerprint density at radius 2 is 1.95 bits per heavy atom. The molecule has 0 aliphatic carbocycles. The molecule has 1 heterocycles. The molecule has 0 aromatic heterocycles. The maximum atomic E-state index is 11.9. The van der Waals surface area contributed by atoms with E-state index in [0.717, 1.165) is 19.6 Å². The van der Waals surface area contributed by atoms with Gasteiger partial charge in [0, 0.05) is 36.1 Å². The lowest BCUT2D eigenvalue weighted by atomic mass is 10.0. The molecular weight excluding hydrogens is 296 g/mol. The van der Waals surface area contributed by atoms with Crippen molar-refractivity contribution in [1.82, 2.24) is 10.6 Å². The molecule has 1 aliphatic heterocycles. The number of Topliss-reactive ketones (excluding diaryl/α,β-unsaturated/α-hetero) is 1. The van der Waals surface area contributed by atoms with E-state index in [1.54, 1.807) is 24.3 Å². The van der Waals surface area contributed by atoms with E-state index in [4.69, 9.17) is 11.6 Å². The van der Waals surface area contributed by atoms with Gasteiger partial charge in [0.1, 0.15) is 0 Å². The van der Waals surface area contributed by atoms with E-state index in [9.17, 15) is 9.59 Å². The fourth-order valence-corrected chi connectivity index (χ4v) is 2.63. The summed E-state index contributed by atoms with van der Waals surface area (Å²) in [5.41, 5.74) is 0.628. The lowest BCUT2D eigenvalue weighted by Crippen LogP contribution is -2.48. The summed E-state index contributed by atoms with van der Waals surface area (Å²) in [7, 11) is 0. The van der Waals surface area contributed by atoms with E-state index in [1.807, 2.05) is 0 Å². The van der Waals surface area contributed by atoms with Crippen molar-refractivity contribution < 1.29 is 9.59 Å². The third-order valence-electron chi connectivity index (χ3n) is 3.09. The van der Waals surface area contributed by atoms with Crippen LogP contribution in [0.15, 0.2) is 24.3 Å². The summed E-state index contributed by atoms with van der Waals surface area (Å²) in [4.78, 5) is 23.4. The number of amides is 1. The van der Waals surface area contributed by atoms with Gasteiger partial charge in [0.25, 0.3) is 0 Å². The molecule has 1 aromatic rings. The number of ketones is 1. The summed E-state index contributed by atoms with van der Waals surface area (Å²) in [6.45, 7) is 2.67. The van der Waals surface area contributed by atoms with E-state index in [1.165, 1.54) is 11.8 Å². The molecule has 0 unspecified atom stereocenters. The van der Waals surface area contributed by atoms with Gasteiger partial charge >= 0.3 is 0 Å². The largest absolute Gasteiger partial charge is 0.355 e. The van der Waals surface area contributed by atoms with Gasteiger partial charge in [-0.3, -0.25) is 9.59 Å². The molecule has 0 radical (unpaired) electrons. The quantitative estimate of drug-likeness (QED) is 0.751. The van der Waals surface area contributed by atoms with E-state index in [-0.39, 0.29) is 11.7 Å². The van der Waals surface area contributed by atoms with Gasteiger partial charge in [-0.15, -0.1) is 11.8 Å². The second-order valence-corrected chi connectivity index (χ2v) is 6.17. The second kappa shape index (κ2) is 7.67. The van der Waals surface area contributed by atoms with Crippen LogP contribution in [0.4, 0.5) is 0 Å². The van der Waals surface area contributed by atoms with E-state index < -0.39 is 0 Å². The summed E-state index contributed by atoms with van der Waals surface area (Å²) < 4.78 is 0. The minimum absolute atomic E-state index is 0.00851. The van der Waals surface area contributed by atoms with Gasteiger partial charge in [0.05, 0.1) is 11.5 Å². The zero-order chi connectivity index (χ0) is 14.4. The Morgan fingerprint density at radius 1 is 1.25 bits per heavy atom. The van der Waals surface area contributed by atoms with Crippen molar-refractivity contribution in [1.29, 1.82) is 0 Å². The predicted molar refractivity (Wildman–Crippen MR) is 82.5 cm³/mol. The van der Waals surface area contributed by atoms with Gasteiger partial charge in [-0.2, -0.15) is 0 Å². The summed E-state index contributed by atoms with van der Waals surface area (Å²) >= 11 is 7.10. The molecule has 2 rings (SSSR count). The Hall–Kier alpha value is -1.04. The molecule has 1 aromatic carbocycles. The lowest BCUT2D eigenvalue weighted by Gasteiger charge is -2.27. The number of nitrogens with one attached hydrogen (secondary N) is 2. The van der Waals surface area contributed by atoms with Crippen molar-refractivity contribution >= 4 is 35.1 Å². The van der Waals surface area contributed by atoms with Crippen LogP contribution in [0.2, 0.25) is 5.02 Å². The third-order valence-corrected chi connectivity index (χ3v) is 4.27. The number of hydrogen-bond acceptors (Lipinski definition) is 4. The zero-order valence-corrected chi connectivity index (χ0v) is 12.6. The standard InChI is InChI=1S/C14H17ClN2O2S/c15-12-3-1-11(2-4-12)13(18)8-20-9-14(19)17-7-10-5-16-6-10/h1-4,10,16H,5-9H2,(H,17,19). The highest BCUT2D eigenvalue weighted by Gasteiger charge is 2.17. The number of carbonyl (C=O) groups is 2. The maximum Gasteiger partial charge on any atom is 0.230 e. The number of thioether (sulfide) groups is 1. The molecule has 0 bridgehead atoms. The number of benzene rings is 1. The topological polar surface area (TPSA) is 58.2 Å². The van der Waals surface area contributed by atoms with Crippen LogP contribution >= 0.6 is 23.4 Å². The van der Waals surface area contributed by atoms with Gasteiger partial charge in [-0.25, -0.2) is 0 Å². The molecule has 0 spiro atoms. The molecule has 0 atom stereocenters. The molecule has 1 amide bonds. The van der Waals surface area contributed by atoms with Gasteiger partial charge in [0.15, 0.2) is 5.78 Å². The molecule has 1 fully saturated rings. The summed E-state index contributed by atoms with van der Waals surface area (Å²) in [5, 5.41) is 6.64. The highest BCUT2D eigenvalue weighted by molar-refractivity contribution is 8.00. The molecule has 1 saturated heterocycles. The fourth-order valence-electron chi connectivity index (χ4n) is 1.76. The van der Waals surface area contributed by atoms with Crippen LogP contribution in [0.5, 0.6) is 0 Å². The van der Waals surface area contributed by atoms with Crippen LogP contribution in [0, 0.1) is 5.92 Å². The van der Waals surface area contributed by atoms with Gasteiger partial charge in [0.2, 0.25) is 5.91 Å². The van der Waals surface area contributed by atoms with Crippen molar-refractivity contribution in [2.75, 3.05) is 31.1 Å². The summed E-state index contributed by atoms with van der Waals surface area (Å²) in [6, 6.07) is 6.79. The van der Waals surface area contributed by atoms with E-state index in [2.05, 4.69) is 10.6 Å². The minimum Gasteiger partial charge on any atom is -0.355 e. The van der Waals surface area contributed by atoms with Crippen LogP contribution < -0.4 is 10.6 Å². The molecule has 20 heavy (non-hydrogen) atoms. The first-order valence-electron chi connectivity index (χ1n) is 6.49. The molecule has 108 valence electrons. The average Bonchev–Trinajstić information content (AvgIpc) is 2.37. The SMILES string of the molecule is O=C(CSCC(=O)c1ccc(Cl)cc1)NCC1CNC1. The second-order valence-electron chi connectivity index (χ2n) is 4.75. The molecule has 4 nitrogen and oxygen atoms in total. The van der Waals surface area contributed by atoms with Crippen LogP contribution in [0.3, 0.4) is 0 Å². The maximum absolute atomic E-state index is 11.9. The monoisotopic (exact) mass is 312 g/mol. The Morgan fingerprint density at radius 3 is 2.55 bits per heavy atom. The molecule has 6 heteroatoms. The zero-order valence-electron chi connectivity index (χ0n) is 11.0. The van der Waals surface area contributed by atoms with Gasteiger partial charge < -0.3 is 10.6 Å². The van der Waals surface area contributed by atoms with Gasteiger partial charge in [-0.1, -0.05) is 11.6 Å². The van der Waals surface area contributed by atoms with Gasteiger partial charge in [-0.05, 0) is 24.3 Å². The normalized spacial score (nSPS) is 14.7. The smallest absolute Gasteiger partial charge is 0.230 e. The van der Waals surface area contributed by atoms with Crippen LogP contribution in [-0.4, -0.2) is 42.8 Å². The number of rotatable bonds is 7. The first kappa shape index (κ1) is 15.4. The van der Waals surface area contributed by atoms with Crippen molar-refractivity contribution in [2.24, 2.45) is 5.92 Å². The number of halogens is 1. The van der Waals surface area contributed by atoms with Crippen LogP contribution in [0.25, 0.3) is 0 Å². The fraction of sp³-hybridized carbons (Fsp3) is 0.429. The third kappa shape index (κ3) is 4.81. The van der Waals surface area contributed by atoms with Crippen molar-refractivity contribution in [3.05, 3.63) is 34.9 Å². The Labute approximate surface area is 127 Å². The molecule has 2 N–H and O–H groups in total. The Kier molecular flexibility index (Phi) is 5.88. The molecular formula is C14H17ClN2O2S. The Bertz CT molecular complexity index is 475. The molecule has 1 aliphatic rings. The molecule has 0 saturated carbocycles. The Balaban J connectivity index is 1.63.